The second-order valence-corrected chi connectivity index (χ2v) is 4.57. The van der Waals surface area contributed by atoms with Crippen molar-refractivity contribution in [3.8, 4) is 0 Å². The highest BCUT2D eigenvalue weighted by Gasteiger charge is 2.33. The molecule has 88 valence electrons. The Labute approximate surface area is 107 Å². The minimum Gasteiger partial charge on any atom is -0.398 e. The topological polar surface area (TPSA) is 63.4 Å². The number of anilines is 1. The molecule has 1 aliphatic rings. The zero-order chi connectivity index (χ0) is 12.6. The number of nitrogens with two attached hydrogens (primary N) is 1. The molecule has 4 nitrogen and oxygen atoms in total. The Balaban J connectivity index is 2.46. The molecular weight excluding hydrogens is 284 g/mol. The summed E-state index contributed by atoms with van der Waals surface area (Å²) in [7, 11) is 0. The van der Waals surface area contributed by atoms with Crippen LogP contribution in [0.15, 0.2) is 28.8 Å². The van der Waals surface area contributed by atoms with Gasteiger partial charge in [0, 0.05) is 15.7 Å². The Morgan fingerprint density at radius 2 is 2.24 bits per heavy atom. The van der Waals surface area contributed by atoms with Gasteiger partial charge < -0.3 is 5.73 Å². The number of carbonyl (C=O) groups excluding carboxylic acids is 2. The number of hydrogen-bond donors (Lipinski definition) is 1. The van der Waals surface area contributed by atoms with Gasteiger partial charge in [-0.25, -0.2) is 0 Å². The second-order valence-electron chi connectivity index (χ2n) is 3.72. The predicted octanol–water partition coefficient (Wildman–Crippen LogP) is 2.09. The number of imide groups is 1. The average molecular weight is 295 g/mol. The van der Waals surface area contributed by atoms with E-state index in [1.54, 1.807) is 25.1 Å². The summed E-state index contributed by atoms with van der Waals surface area (Å²) >= 11 is 3.36. The molecular formula is C12H11BrN2O2. The minimum atomic E-state index is -0.332. The smallest absolute Gasteiger partial charge is 0.263 e. The predicted molar refractivity (Wildman–Crippen MR) is 68.2 cm³/mol. The van der Waals surface area contributed by atoms with Crippen molar-refractivity contribution in [1.29, 1.82) is 0 Å². The van der Waals surface area contributed by atoms with Crippen molar-refractivity contribution in [2.24, 2.45) is 0 Å². The van der Waals surface area contributed by atoms with E-state index in [0.717, 1.165) is 10.0 Å². The van der Waals surface area contributed by atoms with Crippen LogP contribution in [0.2, 0.25) is 0 Å². The molecule has 2 N–H and O–H groups in total. The molecule has 0 saturated carbocycles. The highest BCUT2D eigenvalue weighted by atomic mass is 79.9. The first-order valence-corrected chi connectivity index (χ1v) is 5.91. The molecule has 0 fully saturated rings. The first-order chi connectivity index (χ1) is 8.06. The second kappa shape index (κ2) is 4.33. The van der Waals surface area contributed by atoms with Crippen LogP contribution in [0.3, 0.4) is 0 Å². The van der Waals surface area contributed by atoms with E-state index < -0.39 is 0 Å². The molecule has 0 radical (unpaired) electrons. The van der Waals surface area contributed by atoms with Crippen LogP contribution in [-0.4, -0.2) is 16.7 Å². The third-order valence-corrected chi connectivity index (χ3v) is 3.38. The van der Waals surface area contributed by atoms with Gasteiger partial charge in [0.25, 0.3) is 11.8 Å². The lowest BCUT2D eigenvalue weighted by Gasteiger charge is -2.10. The van der Waals surface area contributed by atoms with Crippen molar-refractivity contribution in [3.05, 3.63) is 39.9 Å². The summed E-state index contributed by atoms with van der Waals surface area (Å²) in [5.41, 5.74) is 7.38. The molecule has 0 spiro atoms. The van der Waals surface area contributed by atoms with E-state index in [4.69, 9.17) is 5.73 Å². The van der Waals surface area contributed by atoms with E-state index in [1.807, 2.05) is 0 Å². The van der Waals surface area contributed by atoms with E-state index in [0.29, 0.717) is 11.3 Å². The Bertz CT molecular complexity index is 538. The van der Waals surface area contributed by atoms with Crippen molar-refractivity contribution >= 4 is 33.4 Å². The Morgan fingerprint density at radius 3 is 2.82 bits per heavy atom. The standard InChI is InChI=1S/C12H11BrN2O2/c1-2-3-10(16)15-6-7-8(13)4-5-9(14)11(7)12(15)17/h2-5H,6,14H2,1H3/b3-2+. The van der Waals surface area contributed by atoms with Crippen molar-refractivity contribution < 1.29 is 9.59 Å². The van der Waals surface area contributed by atoms with Crippen molar-refractivity contribution in [1.82, 2.24) is 4.90 Å². The minimum absolute atomic E-state index is 0.267. The fourth-order valence-corrected chi connectivity index (χ4v) is 2.28. The highest BCUT2D eigenvalue weighted by molar-refractivity contribution is 9.10. The highest BCUT2D eigenvalue weighted by Crippen LogP contribution is 2.33. The summed E-state index contributed by atoms with van der Waals surface area (Å²) in [6, 6.07) is 3.44. The van der Waals surface area contributed by atoms with E-state index in [9.17, 15) is 9.59 Å². The SMILES string of the molecule is C/C=C/C(=O)N1Cc2c(Br)ccc(N)c2C1=O. The summed E-state index contributed by atoms with van der Waals surface area (Å²) in [6.45, 7) is 2.00. The molecule has 0 aromatic heterocycles. The van der Waals surface area contributed by atoms with Crippen molar-refractivity contribution in [2.45, 2.75) is 13.5 Å². The van der Waals surface area contributed by atoms with Crippen LogP contribution in [0.4, 0.5) is 5.69 Å². The Morgan fingerprint density at radius 1 is 1.53 bits per heavy atom. The normalized spacial score (nSPS) is 14.5. The molecule has 0 atom stereocenters. The number of amides is 2. The maximum Gasteiger partial charge on any atom is 0.263 e. The maximum atomic E-state index is 12.1. The molecule has 1 aromatic carbocycles. The zero-order valence-corrected chi connectivity index (χ0v) is 10.8. The lowest BCUT2D eigenvalue weighted by molar-refractivity contribution is -0.123. The summed E-state index contributed by atoms with van der Waals surface area (Å²) in [4.78, 5) is 25.0. The van der Waals surface area contributed by atoms with Gasteiger partial charge in [0.1, 0.15) is 0 Å². The molecule has 1 aliphatic heterocycles. The molecule has 2 amide bonds. The third-order valence-electron chi connectivity index (χ3n) is 2.64. The lowest BCUT2D eigenvalue weighted by atomic mass is 10.1. The molecule has 5 heteroatoms. The summed E-state index contributed by atoms with van der Waals surface area (Å²) in [5.74, 6) is -0.651. The summed E-state index contributed by atoms with van der Waals surface area (Å²) in [6.07, 6.45) is 2.98. The van der Waals surface area contributed by atoms with Gasteiger partial charge in [-0.05, 0) is 25.1 Å². The van der Waals surface area contributed by atoms with Gasteiger partial charge >= 0.3 is 0 Å². The van der Waals surface area contributed by atoms with Gasteiger partial charge in [-0.2, -0.15) is 0 Å². The number of carbonyl (C=O) groups is 2. The molecule has 2 rings (SSSR count). The number of rotatable bonds is 1. The van der Waals surface area contributed by atoms with E-state index >= 15 is 0 Å². The lowest BCUT2D eigenvalue weighted by Crippen LogP contribution is -2.29. The van der Waals surface area contributed by atoms with Crippen LogP contribution in [0.25, 0.3) is 0 Å². The quantitative estimate of drug-likeness (QED) is 0.637. The fourth-order valence-electron chi connectivity index (χ4n) is 1.82. The first-order valence-electron chi connectivity index (χ1n) is 5.11. The zero-order valence-electron chi connectivity index (χ0n) is 9.24. The number of allylic oxidation sites excluding steroid dienone is 1. The number of nitrogen functional groups attached to an aromatic ring is 1. The van der Waals surface area contributed by atoms with E-state index in [-0.39, 0.29) is 18.4 Å². The van der Waals surface area contributed by atoms with Gasteiger partial charge in [-0.1, -0.05) is 22.0 Å². The number of nitrogens with zero attached hydrogens (tertiary/aromatic N) is 1. The molecule has 0 aliphatic carbocycles. The number of hydrogen-bond acceptors (Lipinski definition) is 3. The molecule has 17 heavy (non-hydrogen) atoms. The average Bonchev–Trinajstić information content (AvgIpc) is 2.63. The van der Waals surface area contributed by atoms with Crippen molar-refractivity contribution in [2.75, 3.05) is 5.73 Å². The van der Waals surface area contributed by atoms with Gasteiger partial charge in [0.2, 0.25) is 0 Å². The van der Waals surface area contributed by atoms with Crippen LogP contribution >= 0.6 is 15.9 Å². The molecule has 1 aromatic rings. The van der Waals surface area contributed by atoms with E-state index in [1.165, 1.54) is 11.0 Å². The Kier molecular flexibility index (Phi) is 3.02. The largest absolute Gasteiger partial charge is 0.398 e. The fraction of sp³-hybridized carbons (Fsp3) is 0.167. The number of fused-ring (bicyclic) bond motifs is 1. The number of halogens is 1. The monoisotopic (exact) mass is 294 g/mol. The van der Waals surface area contributed by atoms with Crippen LogP contribution in [0, 0.1) is 0 Å². The first kappa shape index (κ1) is 11.9. The third kappa shape index (κ3) is 1.86. The molecule has 1 heterocycles. The van der Waals surface area contributed by atoms with Gasteiger partial charge in [0.15, 0.2) is 0 Å². The van der Waals surface area contributed by atoms with Crippen LogP contribution in [0.1, 0.15) is 22.8 Å². The van der Waals surface area contributed by atoms with Crippen LogP contribution in [0.5, 0.6) is 0 Å². The van der Waals surface area contributed by atoms with Crippen LogP contribution in [-0.2, 0) is 11.3 Å². The van der Waals surface area contributed by atoms with Gasteiger partial charge in [0.05, 0.1) is 12.1 Å². The van der Waals surface area contributed by atoms with Gasteiger partial charge in [-0.15, -0.1) is 0 Å². The summed E-state index contributed by atoms with van der Waals surface area (Å²) in [5, 5.41) is 0. The Hall–Kier alpha value is -1.62. The molecule has 0 saturated heterocycles. The summed E-state index contributed by atoms with van der Waals surface area (Å²) < 4.78 is 0.797. The maximum absolute atomic E-state index is 12.1. The molecule has 0 bridgehead atoms. The van der Waals surface area contributed by atoms with Gasteiger partial charge in [-0.3, -0.25) is 14.5 Å². The van der Waals surface area contributed by atoms with Crippen LogP contribution < -0.4 is 5.73 Å². The molecule has 0 unspecified atom stereocenters. The van der Waals surface area contributed by atoms with Crippen molar-refractivity contribution in [3.63, 3.8) is 0 Å². The number of benzene rings is 1. The van der Waals surface area contributed by atoms with E-state index in [2.05, 4.69) is 15.9 Å².